The van der Waals surface area contributed by atoms with E-state index in [0.717, 1.165) is 0 Å². The van der Waals surface area contributed by atoms with Crippen LogP contribution >= 0.6 is 0 Å². The van der Waals surface area contributed by atoms with Gasteiger partial charge in [0.25, 0.3) is 0 Å². The molecule has 4 aliphatic carbocycles. The summed E-state index contributed by atoms with van der Waals surface area (Å²) < 4.78 is 5.32. The molecule has 0 bridgehead atoms. The van der Waals surface area contributed by atoms with Gasteiger partial charge >= 0.3 is 5.97 Å². The van der Waals surface area contributed by atoms with Crippen molar-refractivity contribution in [1.82, 2.24) is 0 Å². The van der Waals surface area contributed by atoms with E-state index < -0.39 is 63.8 Å². The molecule has 37 heavy (non-hydrogen) atoms. The molecule has 5 rings (SSSR count). The molecular formula is C29H42O8. The second-order valence-corrected chi connectivity index (χ2v) is 13.6. The van der Waals surface area contributed by atoms with E-state index in [-0.39, 0.29) is 24.5 Å². The number of aliphatic hydroxyl groups is 5. The second-order valence-electron chi connectivity index (χ2n) is 13.6. The molecule has 8 nitrogen and oxygen atoms in total. The summed E-state index contributed by atoms with van der Waals surface area (Å²) in [5.41, 5.74) is -3.81. The first-order valence-electron chi connectivity index (χ1n) is 13.7. The van der Waals surface area contributed by atoms with Crippen LogP contribution in [-0.2, 0) is 14.3 Å². The van der Waals surface area contributed by atoms with Gasteiger partial charge in [0.15, 0.2) is 5.78 Å². The molecule has 0 spiro atoms. The van der Waals surface area contributed by atoms with Gasteiger partial charge in [-0.1, -0.05) is 13.8 Å². The van der Waals surface area contributed by atoms with E-state index in [1.54, 1.807) is 26.8 Å². The minimum atomic E-state index is -1.56. The summed E-state index contributed by atoms with van der Waals surface area (Å²) in [6.07, 6.45) is 2.61. The van der Waals surface area contributed by atoms with Crippen LogP contribution in [0.3, 0.4) is 0 Å². The Bertz CT molecular complexity index is 1070. The first kappa shape index (κ1) is 27.0. The number of carbonyl (C=O) groups is 2. The van der Waals surface area contributed by atoms with Crippen LogP contribution in [0, 0.1) is 28.6 Å². The topological polar surface area (TPSA) is 145 Å². The third kappa shape index (κ3) is 3.66. The molecule has 10 atom stereocenters. The highest BCUT2D eigenvalue weighted by molar-refractivity contribution is 5.95. The number of esters is 1. The maximum atomic E-state index is 13.3. The van der Waals surface area contributed by atoms with Crippen molar-refractivity contribution in [1.29, 1.82) is 0 Å². The highest BCUT2D eigenvalue weighted by Gasteiger charge is 2.69. The molecule has 0 aromatic heterocycles. The Balaban J connectivity index is 1.46. The molecule has 1 aliphatic heterocycles. The maximum Gasteiger partial charge on any atom is 0.331 e. The number of ether oxygens (including phenoxy) is 1. The maximum absolute atomic E-state index is 13.3. The van der Waals surface area contributed by atoms with Gasteiger partial charge in [-0.25, -0.2) is 4.79 Å². The van der Waals surface area contributed by atoms with Crippen molar-refractivity contribution in [2.24, 2.45) is 28.6 Å². The smallest absolute Gasteiger partial charge is 0.331 e. The van der Waals surface area contributed by atoms with Gasteiger partial charge in [0.1, 0.15) is 5.60 Å². The van der Waals surface area contributed by atoms with Crippen molar-refractivity contribution in [2.75, 3.05) is 0 Å². The van der Waals surface area contributed by atoms with Gasteiger partial charge in [0.2, 0.25) is 0 Å². The molecule has 8 heteroatoms. The molecule has 0 radical (unpaired) electrons. The zero-order valence-corrected chi connectivity index (χ0v) is 22.5. The molecule has 5 aliphatic rings. The summed E-state index contributed by atoms with van der Waals surface area (Å²) in [4.78, 5) is 25.2. The van der Waals surface area contributed by atoms with Gasteiger partial charge in [0.05, 0.1) is 29.5 Å². The number of rotatable bonds is 4. The van der Waals surface area contributed by atoms with Crippen LogP contribution in [0.25, 0.3) is 0 Å². The molecule has 0 amide bonds. The Morgan fingerprint density at radius 3 is 2.35 bits per heavy atom. The number of aliphatic hydroxyl groups excluding tert-OH is 3. The van der Waals surface area contributed by atoms with Gasteiger partial charge < -0.3 is 30.3 Å². The molecule has 0 aromatic rings. The van der Waals surface area contributed by atoms with Crippen molar-refractivity contribution < 1.29 is 39.9 Å². The lowest BCUT2D eigenvalue weighted by molar-refractivity contribution is -0.175. The van der Waals surface area contributed by atoms with Gasteiger partial charge in [-0.15, -0.1) is 0 Å². The van der Waals surface area contributed by atoms with E-state index in [9.17, 15) is 35.1 Å². The van der Waals surface area contributed by atoms with Gasteiger partial charge in [-0.3, -0.25) is 4.79 Å². The van der Waals surface area contributed by atoms with Crippen LogP contribution in [0.2, 0.25) is 0 Å². The van der Waals surface area contributed by atoms with E-state index >= 15 is 0 Å². The van der Waals surface area contributed by atoms with Crippen LogP contribution in [0.5, 0.6) is 0 Å². The second kappa shape index (κ2) is 8.21. The molecular weight excluding hydrogens is 476 g/mol. The summed E-state index contributed by atoms with van der Waals surface area (Å²) >= 11 is 0. The first-order chi connectivity index (χ1) is 17.0. The minimum Gasteiger partial charge on any atom is -0.452 e. The minimum absolute atomic E-state index is 0.0700. The summed E-state index contributed by atoms with van der Waals surface area (Å²) in [6.45, 7) is 9.06. The highest BCUT2D eigenvalue weighted by atomic mass is 16.6. The van der Waals surface area contributed by atoms with E-state index in [1.165, 1.54) is 6.08 Å². The highest BCUT2D eigenvalue weighted by Crippen LogP contribution is 2.68. The Hall–Kier alpha value is -1.58. The number of ketones is 1. The number of carbonyl (C=O) groups excluding carboxylic acids is 2. The summed E-state index contributed by atoms with van der Waals surface area (Å²) in [6, 6.07) is 0. The van der Waals surface area contributed by atoms with Crippen molar-refractivity contribution in [3.63, 3.8) is 0 Å². The Kier molecular flexibility index (Phi) is 5.99. The Labute approximate surface area is 218 Å². The molecule has 0 aromatic carbocycles. The molecule has 5 N–H and O–H groups in total. The molecule has 0 unspecified atom stereocenters. The monoisotopic (exact) mass is 518 g/mol. The third-order valence-corrected chi connectivity index (χ3v) is 11.3. The van der Waals surface area contributed by atoms with Crippen molar-refractivity contribution in [3.8, 4) is 0 Å². The predicted octanol–water partition coefficient (Wildman–Crippen LogP) is 1.95. The lowest BCUT2D eigenvalue weighted by Crippen LogP contribution is -2.62. The molecule has 1 heterocycles. The predicted molar refractivity (Wildman–Crippen MR) is 134 cm³/mol. The fourth-order valence-corrected chi connectivity index (χ4v) is 8.92. The van der Waals surface area contributed by atoms with Crippen LogP contribution in [0.15, 0.2) is 23.3 Å². The van der Waals surface area contributed by atoms with Crippen molar-refractivity contribution in [3.05, 3.63) is 23.3 Å². The summed E-state index contributed by atoms with van der Waals surface area (Å²) in [5, 5.41) is 56.1. The number of cyclic esters (lactones) is 1. The fraction of sp³-hybridized carbons (Fsp3) is 0.793. The number of fused-ring (bicyclic) bond motifs is 5. The molecule has 0 saturated heterocycles. The normalized spacial score (nSPS) is 47.1. The summed E-state index contributed by atoms with van der Waals surface area (Å²) in [5.74, 6) is -1.55. The zero-order chi connectivity index (χ0) is 27.3. The van der Waals surface area contributed by atoms with E-state index in [2.05, 4.69) is 0 Å². The number of hydrogen-bond acceptors (Lipinski definition) is 8. The molecule has 3 saturated carbocycles. The lowest BCUT2D eigenvalue weighted by Gasteiger charge is -2.60. The molecule has 3 fully saturated rings. The SMILES string of the molecule is CC1(C)OC(=O)C=C1C[C@@H](O)[C@](C)(O)[C@H]1CC[C@@]2(O)C3=CC(=O)[C@@H]4C[C@@H](O)[C@@H](O)C[C@]4(C)[C@H]3CC[C@]12C. The molecule has 206 valence electrons. The van der Waals surface area contributed by atoms with Crippen molar-refractivity contribution >= 4 is 11.8 Å². The average molecular weight is 519 g/mol. The van der Waals surface area contributed by atoms with E-state index in [0.29, 0.717) is 43.3 Å². The van der Waals surface area contributed by atoms with Crippen LogP contribution in [-0.4, -0.2) is 72.4 Å². The standard InChI is InChI=1S/C29H42O8/c1-25(2)15(11-24(34)37-25)10-23(33)28(5,35)22-7-9-29(36)17-12-19(30)18-13-20(31)21(32)14-26(18,3)16(17)6-8-27(22,29)4/h11-12,16,18,20-23,31-33,35-36H,6-10,13-14H2,1-5H3/t16-,18-,20+,21-,22-,23+,26+,27+,28+,29+/m0/s1. The largest absolute Gasteiger partial charge is 0.452 e. The quantitative estimate of drug-likeness (QED) is 0.355. The van der Waals surface area contributed by atoms with Crippen molar-refractivity contribution in [2.45, 2.75) is 115 Å². The lowest BCUT2D eigenvalue weighted by atomic mass is 9.45. The van der Waals surface area contributed by atoms with Crippen LogP contribution in [0.4, 0.5) is 0 Å². The van der Waals surface area contributed by atoms with Gasteiger partial charge in [-0.2, -0.15) is 0 Å². The average Bonchev–Trinajstić information content (AvgIpc) is 3.21. The zero-order valence-electron chi connectivity index (χ0n) is 22.5. The Morgan fingerprint density at radius 2 is 1.73 bits per heavy atom. The number of hydrogen-bond donors (Lipinski definition) is 5. The third-order valence-electron chi connectivity index (χ3n) is 11.3. The van der Waals surface area contributed by atoms with Crippen LogP contribution in [0.1, 0.15) is 79.6 Å². The van der Waals surface area contributed by atoms with Gasteiger partial charge in [-0.05, 0) is 93.8 Å². The van der Waals surface area contributed by atoms with Crippen LogP contribution < -0.4 is 0 Å². The summed E-state index contributed by atoms with van der Waals surface area (Å²) in [7, 11) is 0. The first-order valence-corrected chi connectivity index (χ1v) is 13.7. The Morgan fingerprint density at radius 1 is 1.05 bits per heavy atom. The van der Waals surface area contributed by atoms with E-state index in [4.69, 9.17) is 4.74 Å². The van der Waals surface area contributed by atoms with Gasteiger partial charge in [0, 0.05) is 23.8 Å². The fourth-order valence-electron chi connectivity index (χ4n) is 8.92. The number of allylic oxidation sites excluding steroid dienone is 1. The van der Waals surface area contributed by atoms with E-state index in [1.807, 2.05) is 13.8 Å².